The minimum absolute atomic E-state index is 0.000226. The van der Waals surface area contributed by atoms with E-state index < -0.39 is 0 Å². The van der Waals surface area contributed by atoms with Crippen molar-refractivity contribution in [3.05, 3.63) is 29.8 Å². The smallest absolute Gasteiger partial charge is 0.222 e. The number of aliphatic hydroxyl groups is 1. The average Bonchev–Trinajstić information content (AvgIpc) is 2.43. The van der Waals surface area contributed by atoms with Crippen LogP contribution in [0.5, 0.6) is 0 Å². The van der Waals surface area contributed by atoms with E-state index >= 15 is 0 Å². The van der Waals surface area contributed by atoms with E-state index in [0.717, 1.165) is 17.7 Å². The maximum absolute atomic E-state index is 11.9. The predicted molar refractivity (Wildman–Crippen MR) is 78.4 cm³/mol. The summed E-state index contributed by atoms with van der Waals surface area (Å²) in [6, 6.07) is 8.10. The lowest BCUT2D eigenvalue weighted by Gasteiger charge is -2.23. The first kappa shape index (κ1) is 15.5. The van der Waals surface area contributed by atoms with Gasteiger partial charge in [-0.1, -0.05) is 12.1 Å². The molecule has 1 aromatic carbocycles. The summed E-state index contributed by atoms with van der Waals surface area (Å²) < 4.78 is 0. The molecule has 1 atom stereocenters. The Balaban J connectivity index is 2.50. The van der Waals surface area contributed by atoms with Gasteiger partial charge in [0.2, 0.25) is 5.91 Å². The van der Waals surface area contributed by atoms with Gasteiger partial charge < -0.3 is 14.9 Å². The van der Waals surface area contributed by atoms with Crippen molar-refractivity contribution < 1.29 is 9.90 Å². The molecule has 0 fully saturated rings. The van der Waals surface area contributed by atoms with Gasteiger partial charge in [-0.05, 0) is 31.0 Å². The predicted octanol–water partition coefficient (Wildman–Crippen LogP) is 1.52. The minimum Gasteiger partial charge on any atom is -0.394 e. The SMILES string of the molecule is CC(CO)N(C)C(=O)CCc1ccc(N(C)C)cc1. The molecule has 1 amide bonds. The topological polar surface area (TPSA) is 43.8 Å². The third-order valence-corrected chi connectivity index (χ3v) is 3.40. The van der Waals surface area contributed by atoms with E-state index in [4.69, 9.17) is 5.11 Å². The number of hydrogen-bond donors (Lipinski definition) is 1. The van der Waals surface area contributed by atoms with Crippen LogP contribution in [-0.2, 0) is 11.2 Å². The molecule has 0 aliphatic carbocycles. The van der Waals surface area contributed by atoms with Crippen molar-refractivity contribution in [3.63, 3.8) is 0 Å². The quantitative estimate of drug-likeness (QED) is 0.847. The van der Waals surface area contributed by atoms with E-state index in [9.17, 15) is 4.79 Å². The van der Waals surface area contributed by atoms with Gasteiger partial charge in [0.1, 0.15) is 0 Å². The molecule has 0 aliphatic rings. The van der Waals surface area contributed by atoms with Gasteiger partial charge in [-0.2, -0.15) is 0 Å². The number of aryl methyl sites for hydroxylation is 1. The molecule has 106 valence electrons. The molecule has 4 heteroatoms. The number of nitrogens with zero attached hydrogens (tertiary/aromatic N) is 2. The fourth-order valence-corrected chi connectivity index (χ4v) is 1.76. The van der Waals surface area contributed by atoms with Crippen molar-refractivity contribution in [1.29, 1.82) is 0 Å². The number of carbonyl (C=O) groups is 1. The average molecular weight is 264 g/mol. The van der Waals surface area contributed by atoms with Crippen LogP contribution < -0.4 is 4.90 Å². The molecular formula is C15H24N2O2. The zero-order chi connectivity index (χ0) is 14.4. The lowest BCUT2D eigenvalue weighted by atomic mass is 10.1. The molecule has 19 heavy (non-hydrogen) atoms. The maximum Gasteiger partial charge on any atom is 0.222 e. The van der Waals surface area contributed by atoms with Crippen molar-refractivity contribution in [2.45, 2.75) is 25.8 Å². The molecule has 4 nitrogen and oxygen atoms in total. The molecule has 0 aromatic heterocycles. The van der Waals surface area contributed by atoms with Crippen molar-refractivity contribution in [1.82, 2.24) is 4.90 Å². The second-order valence-corrected chi connectivity index (χ2v) is 5.10. The van der Waals surface area contributed by atoms with Gasteiger partial charge in [-0.25, -0.2) is 0 Å². The molecule has 0 bridgehead atoms. The number of benzene rings is 1. The van der Waals surface area contributed by atoms with Gasteiger partial charge in [-0.15, -0.1) is 0 Å². The van der Waals surface area contributed by atoms with Crippen LogP contribution >= 0.6 is 0 Å². The highest BCUT2D eigenvalue weighted by Gasteiger charge is 2.14. The van der Waals surface area contributed by atoms with Gasteiger partial charge in [0.05, 0.1) is 12.6 Å². The summed E-state index contributed by atoms with van der Waals surface area (Å²) in [4.78, 5) is 15.6. The molecule has 0 aliphatic heterocycles. The molecule has 0 spiro atoms. The van der Waals surface area contributed by atoms with Crippen molar-refractivity contribution in [3.8, 4) is 0 Å². The Morgan fingerprint density at radius 3 is 2.26 bits per heavy atom. The molecule has 1 rings (SSSR count). The van der Waals surface area contributed by atoms with Gasteiger partial charge in [0.15, 0.2) is 0 Å². The Labute approximate surface area is 115 Å². The highest BCUT2D eigenvalue weighted by molar-refractivity contribution is 5.76. The normalized spacial score (nSPS) is 12.1. The number of likely N-dealkylation sites (N-methyl/N-ethyl adjacent to an activating group) is 1. The number of anilines is 1. The Morgan fingerprint density at radius 2 is 1.79 bits per heavy atom. The van der Waals surface area contributed by atoms with Crippen LogP contribution in [-0.4, -0.2) is 49.7 Å². The number of carbonyl (C=O) groups excluding carboxylic acids is 1. The molecule has 1 unspecified atom stereocenters. The van der Waals surface area contributed by atoms with E-state index in [1.165, 1.54) is 0 Å². The lowest BCUT2D eigenvalue weighted by Crippen LogP contribution is -2.37. The standard InChI is InChI=1S/C15H24N2O2/c1-12(11-18)17(4)15(19)10-7-13-5-8-14(9-6-13)16(2)3/h5-6,8-9,12,18H,7,10-11H2,1-4H3. The van der Waals surface area contributed by atoms with Crippen LogP contribution in [0.3, 0.4) is 0 Å². The summed E-state index contributed by atoms with van der Waals surface area (Å²) in [5, 5.41) is 9.02. The molecule has 0 saturated heterocycles. The van der Waals surface area contributed by atoms with Crippen molar-refractivity contribution in [2.75, 3.05) is 32.6 Å². The van der Waals surface area contributed by atoms with Crippen molar-refractivity contribution >= 4 is 11.6 Å². The highest BCUT2D eigenvalue weighted by Crippen LogP contribution is 2.13. The van der Waals surface area contributed by atoms with Crippen LogP contribution in [0.2, 0.25) is 0 Å². The van der Waals surface area contributed by atoms with E-state index in [2.05, 4.69) is 24.3 Å². The van der Waals surface area contributed by atoms with E-state index in [1.54, 1.807) is 11.9 Å². The van der Waals surface area contributed by atoms with Crippen LogP contribution in [0.25, 0.3) is 0 Å². The second kappa shape index (κ2) is 7.14. The Morgan fingerprint density at radius 1 is 1.21 bits per heavy atom. The van der Waals surface area contributed by atoms with Crippen molar-refractivity contribution in [2.24, 2.45) is 0 Å². The van der Waals surface area contributed by atoms with Gasteiger partial charge in [0.25, 0.3) is 0 Å². The number of rotatable bonds is 6. The maximum atomic E-state index is 11.9. The molecule has 1 N–H and O–H groups in total. The number of aliphatic hydroxyl groups excluding tert-OH is 1. The molecule has 0 saturated carbocycles. The first-order chi connectivity index (χ1) is 8.95. The van der Waals surface area contributed by atoms with Crippen LogP contribution in [0, 0.1) is 0 Å². The van der Waals surface area contributed by atoms with Crippen LogP contribution in [0.15, 0.2) is 24.3 Å². The zero-order valence-corrected chi connectivity index (χ0v) is 12.3. The van der Waals surface area contributed by atoms with Gasteiger partial charge >= 0.3 is 0 Å². The van der Waals surface area contributed by atoms with E-state index in [-0.39, 0.29) is 18.6 Å². The second-order valence-electron chi connectivity index (χ2n) is 5.10. The van der Waals surface area contributed by atoms with Crippen LogP contribution in [0.1, 0.15) is 18.9 Å². The largest absolute Gasteiger partial charge is 0.394 e. The van der Waals surface area contributed by atoms with E-state index in [0.29, 0.717) is 6.42 Å². The van der Waals surface area contributed by atoms with Gasteiger partial charge in [0, 0.05) is 33.3 Å². The Kier molecular flexibility index (Phi) is 5.83. The summed E-state index contributed by atoms with van der Waals surface area (Å²) in [6.45, 7) is 1.84. The first-order valence-electron chi connectivity index (χ1n) is 6.58. The van der Waals surface area contributed by atoms with Gasteiger partial charge in [-0.3, -0.25) is 4.79 Å². The fraction of sp³-hybridized carbons (Fsp3) is 0.533. The van der Waals surface area contributed by atoms with E-state index in [1.807, 2.05) is 25.9 Å². The molecular weight excluding hydrogens is 240 g/mol. The monoisotopic (exact) mass is 264 g/mol. The summed E-state index contributed by atoms with van der Waals surface area (Å²) in [6.07, 6.45) is 1.21. The third-order valence-electron chi connectivity index (χ3n) is 3.40. The summed E-state index contributed by atoms with van der Waals surface area (Å²) in [5.74, 6) is 0.0678. The highest BCUT2D eigenvalue weighted by atomic mass is 16.3. The molecule has 0 radical (unpaired) electrons. The Hall–Kier alpha value is -1.55. The number of hydrogen-bond acceptors (Lipinski definition) is 3. The molecule has 0 heterocycles. The molecule has 1 aromatic rings. The minimum atomic E-state index is -0.122. The third kappa shape index (κ3) is 4.56. The summed E-state index contributed by atoms with van der Waals surface area (Å²) in [7, 11) is 5.74. The summed E-state index contributed by atoms with van der Waals surface area (Å²) in [5.41, 5.74) is 2.31. The summed E-state index contributed by atoms with van der Waals surface area (Å²) >= 11 is 0. The number of amides is 1. The lowest BCUT2D eigenvalue weighted by molar-refractivity contribution is -0.132. The first-order valence-corrected chi connectivity index (χ1v) is 6.58. The zero-order valence-electron chi connectivity index (χ0n) is 12.3. The Bertz CT molecular complexity index is 401. The van der Waals surface area contributed by atoms with Crippen LogP contribution in [0.4, 0.5) is 5.69 Å². The fourth-order valence-electron chi connectivity index (χ4n) is 1.76.